The highest BCUT2D eigenvalue weighted by atomic mass is 16.5. The zero-order valence-corrected chi connectivity index (χ0v) is 13.1. The summed E-state index contributed by atoms with van der Waals surface area (Å²) in [6, 6.07) is -0.170. The van der Waals surface area contributed by atoms with E-state index in [0.717, 1.165) is 6.54 Å². The maximum Gasteiger partial charge on any atom is 0.237 e. The molecule has 0 radical (unpaired) electrons. The topological polar surface area (TPSA) is 67.6 Å². The summed E-state index contributed by atoms with van der Waals surface area (Å²) in [4.78, 5) is 14.4. The summed E-state index contributed by atoms with van der Waals surface area (Å²) in [5.41, 5.74) is 5.24. The molecule has 0 aromatic heterocycles. The van der Waals surface area contributed by atoms with Gasteiger partial charge in [-0.05, 0) is 41.5 Å². The summed E-state index contributed by atoms with van der Waals surface area (Å²) in [7, 11) is 0. The number of rotatable bonds is 3. The van der Waals surface area contributed by atoms with E-state index in [1.165, 1.54) is 0 Å². The average Bonchev–Trinajstić information content (AvgIpc) is 2.23. The van der Waals surface area contributed by atoms with Crippen molar-refractivity contribution in [2.45, 2.75) is 64.8 Å². The maximum absolute atomic E-state index is 12.2. The van der Waals surface area contributed by atoms with E-state index < -0.39 is 0 Å². The maximum atomic E-state index is 12.2. The van der Waals surface area contributed by atoms with Gasteiger partial charge in [0, 0.05) is 25.2 Å². The minimum Gasteiger partial charge on any atom is -0.368 e. The number of carbonyl (C=O) groups is 1. The van der Waals surface area contributed by atoms with Crippen molar-refractivity contribution < 1.29 is 9.53 Å². The second-order valence-electron chi connectivity index (χ2n) is 7.08. The van der Waals surface area contributed by atoms with Crippen molar-refractivity contribution in [2.75, 3.05) is 19.6 Å². The fraction of sp³-hybridized carbons (Fsp3) is 0.929. The summed E-state index contributed by atoms with van der Waals surface area (Å²) >= 11 is 0. The van der Waals surface area contributed by atoms with Crippen LogP contribution in [0, 0.1) is 0 Å². The lowest BCUT2D eigenvalue weighted by atomic mass is 10.0. The van der Waals surface area contributed by atoms with Crippen LogP contribution < -0.4 is 11.1 Å². The normalized spacial score (nSPS) is 25.9. The minimum absolute atomic E-state index is 0.00589. The molecule has 1 amide bonds. The Bertz CT molecular complexity index is 323. The molecule has 1 rings (SSSR count). The Morgan fingerprint density at radius 3 is 2.58 bits per heavy atom. The number of carbonyl (C=O) groups excluding carboxylic acids is 1. The highest BCUT2D eigenvalue weighted by Gasteiger charge is 2.37. The zero-order valence-electron chi connectivity index (χ0n) is 13.1. The van der Waals surface area contributed by atoms with E-state index in [-0.39, 0.29) is 29.2 Å². The monoisotopic (exact) mass is 271 g/mol. The number of morpholine rings is 1. The van der Waals surface area contributed by atoms with Gasteiger partial charge in [-0.25, -0.2) is 0 Å². The largest absolute Gasteiger partial charge is 0.368 e. The van der Waals surface area contributed by atoms with E-state index in [2.05, 4.69) is 10.2 Å². The molecular weight excluding hydrogens is 242 g/mol. The van der Waals surface area contributed by atoms with Gasteiger partial charge in [-0.3, -0.25) is 9.69 Å². The quantitative estimate of drug-likeness (QED) is 0.794. The van der Waals surface area contributed by atoms with Crippen LogP contribution in [0.5, 0.6) is 0 Å². The van der Waals surface area contributed by atoms with Gasteiger partial charge in [0.25, 0.3) is 0 Å². The highest BCUT2D eigenvalue weighted by Crippen LogP contribution is 2.22. The molecule has 1 saturated heterocycles. The van der Waals surface area contributed by atoms with Gasteiger partial charge in [-0.1, -0.05) is 0 Å². The van der Waals surface area contributed by atoms with Crippen LogP contribution in [-0.2, 0) is 9.53 Å². The van der Waals surface area contributed by atoms with Gasteiger partial charge in [0.15, 0.2) is 0 Å². The van der Waals surface area contributed by atoms with Gasteiger partial charge < -0.3 is 15.8 Å². The number of hydrogen-bond acceptors (Lipinski definition) is 4. The van der Waals surface area contributed by atoms with E-state index >= 15 is 0 Å². The molecule has 0 spiro atoms. The lowest BCUT2D eigenvalue weighted by Gasteiger charge is -2.44. The van der Waals surface area contributed by atoms with E-state index in [1.807, 2.05) is 41.5 Å². The van der Waals surface area contributed by atoms with E-state index in [0.29, 0.717) is 13.1 Å². The molecule has 1 heterocycles. The van der Waals surface area contributed by atoms with Crippen molar-refractivity contribution in [3.05, 3.63) is 0 Å². The van der Waals surface area contributed by atoms with Gasteiger partial charge in [-0.2, -0.15) is 0 Å². The van der Waals surface area contributed by atoms with Gasteiger partial charge in [0.05, 0.1) is 17.7 Å². The second-order valence-corrected chi connectivity index (χ2v) is 7.08. The van der Waals surface area contributed by atoms with Crippen LogP contribution in [0.3, 0.4) is 0 Å². The van der Waals surface area contributed by atoms with Gasteiger partial charge >= 0.3 is 0 Å². The molecule has 5 heteroatoms. The third-order valence-corrected chi connectivity index (χ3v) is 3.20. The molecule has 0 bridgehead atoms. The van der Waals surface area contributed by atoms with Crippen molar-refractivity contribution in [1.29, 1.82) is 0 Å². The molecule has 0 saturated carbocycles. The molecule has 112 valence electrons. The van der Waals surface area contributed by atoms with Crippen LogP contribution in [0.1, 0.15) is 41.5 Å². The zero-order chi connectivity index (χ0) is 14.8. The number of amides is 1. The standard InChI is InChI=1S/C14H29N3O2/c1-10(12(18)16-13(2,3)4)17-8-11(7-15)19-14(5,6)9-17/h10-11H,7-9,15H2,1-6H3,(H,16,18). The van der Waals surface area contributed by atoms with Crippen LogP contribution in [-0.4, -0.2) is 53.7 Å². The molecule has 1 aliphatic heterocycles. The Hall–Kier alpha value is -0.650. The summed E-state index contributed by atoms with van der Waals surface area (Å²) in [6.07, 6.45) is -0.00589. The lowest BCUT2D eigenvalue weighted by molar-refractivity contribution is -0.150. The Balaban J connectivity index is 2.70. The molecule has 3 N–H and O–H groups in total. The van der Waals surface area contributed by atoms with Crippen molar-refractivity contribution in [3.8, 4) is 0 Å². The van der Waals surface area contributed by atoms with E-state index in [4.69, 9.17) is 10.5 Å². The second kappa shape index (κ2) is 5.77. The fourth-order valence-electron chi connectivity index (χ4n) is 2.40. The molecule has 2 atom stereocenters. The Morgan fingerprint density at radius 2 is 2.11 bits per heavy atom. The third kappa shape index (κ3) is 5.09. The SMILES string of the molecule is CC(C(=O)NC(C)(C)C)N1CC(CN)OC(C)(C)C1. The molecule has 2 unspecified atom stereocenters. The molecule has 0 aromatic rings. The first-order valence-electron chi connectivity index (χ1n) is 6.98. The predicted octanol–water partition coefficient (Wildman–Crippen LogP) is 0.728. The molecule has 1 aliphatic rings. The minimum atomic E-state index is -0.265. The third-order valence-electron chi connectivity index (χ3n) is 3.20. The highest BCUT2D eigenvalue weighted by molar-refractivity contribution is 5.82. The first-order chi connectivity index (χ1) is 8.54. The van der Waals surface area contributed by atoms with Gasteiger partial charge in [-0.15, -0.1) is 0 Å². The van der Waals surface area contributed by atoms with Gasteiger partial charge in [0.2, 0.25) is 5.91 Å². The number of nitrogens with zero attached hydrogens (tertiary/aromatic N) is 1. The number of nitrogens with one attached hydrogen (secondary N) is 1. The predicted molar refractivity (Wildman–Crippen MR) is 76.9 cm³/mol. The summed E-state index contributed by atoms with van der Waals surface area (Å²) in [5.74, 6) is 0.0565. The number of hydrogen-bond donors (Lipinski definition) is 2. The molecule has 0 aromatic carbocycles. The summed E-state index contributed by atoms with van der Waals surface area (Å²) < 4.78 is 5.89. The first kappa shape index (κ1) is 16.4. The number of ether oxygens (including phenoxy) is 1. The molecular formula is C14H29N3O2. The average molecular weight is 271 g/mol. The molecule has 5 nitrogen and oxygen atoms in total. The first-order valence-corrected chi connectivity index (χ1v) is 6.98. The van der Waals surface area contributed by atoms with Crippen molar-refractivity contribution in [2.24, 2.45) is 5.73 Å². The Labute approximate surface area is 116 Å². The van der Waals surface area contributed by atoms with E-state index in [1.54, 1.807) is 0 Å². The van der Waals surface area contributed by atoms with Crippen LogP contribution >= 0.6 is 0 Å². The summed E-state index contributed by atoms with van der Waals surface area (Å²) in [5, 5.41) is 3.02. The number of nitrogens with two attached hydrogens (primary N) is 1. The fourth-order valence-corrected chi connectivity index (χ4v) is 2.40. The molecule has 19 heavy (non-hydrogen) atoms. The molecule has 1 fully saturated rings. The smallest absolute Gasteiger partial charge is 0.237 e. The summed E-state index contributed by atoms with van der Waals surface area (Å²) in [6.45, 7) is 13.9. The van der Waals surface area contributed by atoms with E-state index in [9.17, 15) is 4.79 Å². The van der Waals surface area contributed by atoms with Crippen molar-refractivity contribution in [3.63, 3.8) is 0 Å². The Morgan fingerprint density at radius 1 is 1.53 bits per heavy atom. The van der Waals surface area contributed by atoms with Crippen LogP contribution in [0.15, 0.2) is 0 Å². The molecule has 0 aliphatic carbocycles. The Kier molecular flexibility index (Phi) is 4.98. The van der Waals surface area contributed by atoms with Crippen molar-refractivity contribution in [1.82, 2.24) is 10.2 Å². The van der Waals surface area contributed by atoms with Crippen LogP contribution in [0.2, 0.25) is 0 Å². The van der Waals surface area contributed by atoms with Crippen LogP contribution in [0.25, 0.3) is 0 Å². The lowest BCUT2D eigenvalue weighted by Crippen LogP contribution is -2.60. The van der Waals surface area contributed by atoms with Crippen LogP contribution in [0.4, 0.5) is 0 Å². The van der Waals surface area contributed by atoms with Crippen molar-refractivity contribution >= 4 is 5.91 Å². The van der Waals surface area contributed by atoms with Gasteiger partial charge in [0.1, 0.15) is 0 Å².